The van der Waals surface area contributed by atoms with Crippen LogP contribution in [0.2, 0.25) is 0 Å². The van der Waals surface area contributed by atoms with Crippen LogP contribution in [0.3, 0.4) is 0 Å². The summed E-state index contributed by atoms with van der Waals surface area (Å²) in [6, 6.07) is 8.09. The Kier molecular flexibility index (Phi) is 4.53. The summed E-state index contributed by atoms with van der Waals surface area (Å²) >= 11 is 0. The molecule has 98 valence electrons. The molecule has 0 unspecified atom stereocenters. The number of hydrogen-bond acceptors (Lipinski definition) is 1. The molecule has 1 aromatic carbocycles. The third-order valence-electron chi connectivity index (χ3n) is 3.20. The van der Waals surface area contributed by atoms with Gasteiger partial charge in [-0.15, -0.1) is 13.2 Å². The Morgan fingerprint density at radius 2 is 1.44 bits per heavy atom. The van der Waals surface area contributed by atoms with E-state index in [0.29, 0.717) is 12.8 Å². The van der Waals surface area contributed by atoms with E-state index < -0.39 is 5.60 Å². The fourth-order valence-corrected chi connectivity index (χ4v) is 2.32. The molecule has 0 spiro atoms. The number of hydrogen-bond donors (Lipinski definition) is 1. The largest absolute Gasteiger partial charge is 0.385 e. The molecule has 1 rings (SSSR count). The summed E-state index contributed by atoms with van der Waals surface area (Å²) in [5, 5.41) is 10.9. The molecule has 1 nitrogen and oxygen atoms in total. The quantitative estimate of drug-likeness (QED) is 0.765. The van der Waals surface area contributed by atoms with Gasteiger partial charge in [0.25, 0.3) is 0 Å². The van der Waals surface area contributed by atoms with Crippen molar-refractivity contribution in [2.24, 2.45) is 0 Å². The fraction of sp³-hybridized carbons (Fsp3) is 0.412. The van der Waals surface area contributed by atoms with E-state index in [9.17, 15) is 5.11 Å². The summed E-state index contributed by atoms with van der Waals surface area (Å²) in [6.07, 6.45) is 4.60. The molecule has 18 heavy (non-hydrogen) atoms. The fourth-order valence-electron chi connectivity index (χ4n) is 2.32. The summed E-state index contributed by atoms with van der Waals surface area (Å²) in [6.45, 7) is 14.0. The third kappa shape index (κ3) is 3.11. The molecular weight excluding hydrogens is 220 g/mol. The van der Waals surface area contributed by atoms with Crippen LogP contribution in [0.1, 0.15) is 44.7 Å². The van der Waals surface area contributed by atoms with E-state index in [1.165, 1.54) is 5.56 Å². The number of benzene rings is 1. The van der Waals surface area contributed by atoms with Crippen LogP contribution in [0.25, 0.3) is 0 Å². The molecule has 0 radical (unpaired) electrons. The Hall–Kier alpha value is -1.34. The van der Waals surface area contributed by atoms with Crippen LogP contribution in [0.4, 0.5) is 0 Å². The van der Waals surface area contributed by atoms with Crippen molar-refractivity contribution in [3.05, 3.63) is 60.7 Å². The van der Waals surface area contributed by atoms with Gasteiger partial charge in [-0.1, -0.05) is 57.2 Å². The van der Waals surface area contributed by atoms with Gasteiger partial charge >= 0.3 is 0 Å². The highest BCUT2D eigenvalue weighted by Crippen LogP contribution is 2.37. The van der Waals surface area contributed by atoms with Crippen LogP contribution in [0.5, 0.6) is 0 Å². The van der Waals surface area contributed by atoms with E-state index in [2.05, 4.69) is 40.0 Å². The Morgan fingerprint density at radius 1 is 1.00 bits per heavy atom. The zero-order valence-electron chi connectivity index (χ0n) is 11.7. The van der Waals surface area contributed by atoms with Gasteiger partial charge in [-0.05, 0) is 29.4 Å². The first-order chi connectivity index (χ1) is 8.35. The van der Waals surface area contributed by atoms with Gasteiger partial charge in [0.2, 0.25) is 0 Å². The molecule has 0 aliphatic heterocycles. The van der Waals surface area contributed by atoms with Gasteiger partial charge in [0.1, 0.15) is 0 Å². The van der Waals surface area contributed by atoms with Crippen molar-refractivity contribution in [1.29, 1.82) is 0 Å². The van der Waals surface area contributed by atoms with Gasteiger partial charge in [-0.2, -0.15) is 0 Å². The van der Waals surface area contributed by atoms with Gasteiger partial charge in [0.15, 0.2) is 0 Å². The lowest BCUT2D eigenvalue weighted by Gasteiger charge is -2.33. The predicted molar refractivity (Wildman–Crippen MR) is 78.7 cm³/mol. The van der Waals surface area contributed by atoms with E-state index in [0.717, 1.165) is 5.56 Å². The average molecular weight is 244 g/mol. The predicted octanol–water partition coefficient (Wildman–Crippen LogP) is 4.32. The lowest BCUT2D eigenvalue weighted by molar-refractivity contribution is 0.0412. The molecule has 0 saturated carbocycles. The molecule has 0 bridgehead atoms. The summed E-state index contributed by atoms with van der Waals surface area (Å²) in [7, 11) is 0. The number of aliphatic hydroxyl groups is 1. The van der Waals surface area contributed by atoms with Gasteiger partial charge in [-0.25, -0.2) is 0 Å². The maximum Gasteiger partial charge on any atom is 0.0967 e. The Balaban J connectivity index is 3.37. The van der Waals surface area contributed by atoms with Crippen LogP contribution < -0.4 is 0 Å². The standard InChI is InChI=1S/C17H24O/c1-6-12-17(18,13-7-2)15-11-9-8-10-14(15)16(3,4)5/h6-11,18H,1-2,12-13H2,3-5H3. The van der Waals surface area contributed by atoms with Crippen molar-refractivity contribution in [2.75, 3.05) is 0 Å². The normalized spacial score (nSPS) is 12.2. The second-order valence-electron chi connectivity index (χ2n) is 5.81. The van der Waals surface area contributed by atoms with Gasteiger partial charge in [0.05, 0.1) is 5.60 Å². The minimum atomic E-state index is -0.895. The molecule has 1 N–H and O–H groups in total. The second-order valence-corrected chi connectivity index (χ2v) is 5.81. The number of rotatable bonds is 5. The smallest absolute Gasteiger partial charge is 0.0967 e. The van der Waals surface area contributed by atoms with Gasteiger partial charge in [0, 0.05) is 0 Å². The molecule has 0 atom stereocenters. The minimum absolute atomic E-state index is 0.00686. The molecule has 1 aromatic rings. The van der Waals surface area contributed by atoms with Crippen molar-refractivity contribution in [3.8, 4) is 0 Å². The molecule has 0 heterocycles. The summed E-state index contributed by atoms with van der Waals surface area (Å²) in [5.41, 5.74) is 1.27. The zero-order valence-corrected chi connectivity index (χ0v) is 11.7. The maximum absolute atomic E-state index is 10.9. The summed E-state index contributed by atoms with van der Waals surface area (Å²) in [5.74, 6) is 0. The van der Waals surface area contributed by atoms with Crippen LogP contribution in [0.15, 0.2) is 49.6 Å². The van der Waals surface area contributed by atoms with Gasteiger partial charge < -0.3 is 5.11 Å². The van der Waals surface area contributed by atoms with Crippen LogP contribution in [-0.4, -0.2) is 5.11 Å². The lowest BCUT2D eigenvalue weighted by atomic mass is 9.76. The van der Waals surface area contributed by atoms with E-state index in [4.69, 9.17) is 0 Å². The van der Waals surface area contributed by atoms with E-state index in [-0.39, 0.29) is 5.41 Å². The van der Waals surface area contributed by atoms with Crippen molar-refractivity contribution in [2.45, 2.75) is 44.6 Å². The van der Waals surface area contributed by atoms with E-state index in [1.807, 2.05) is 18.2 Å². The maximum atomic E-state index is 10.9. The van der Waals surface area contributed by atoms with Crippen molar-refractivity contribution >= 4 is 0 Å². The molecule has 0 aliphatic rings. The van der Waals surface area contributed by atoms with Crippen LogP contribution >= 0.6 is 0 Å². The molecule has 0 saturated heterocycles. The Labute approximate surface area is 111 Å². The third-order valence-corrected chi connectivity index (χ3v) is 3.20. The van der Waals surface area contributed by atoms with Crippen LogP contribution in [0, 0.1) is 0 Å². The highest BCUT2D eigenvalue weighted by atomic mass is 16.3. The SMILES string of the molecule is C=CCC(O)(CC=C)c1ccccc1C(C)(C)C. The summed E-state index contributed by atoms with van der Waals surface area (Å²) < 4.78 is 0. The first kappa shape index (κ1) is 14.7. The molecule has 0 aliphatic carbocycles. The molecule has 0 fully saturated rings. The first-order valence-corrected chi connectivity index (χ1v) is 6.39. The highest BCUT2D eigenvalue weighted by molar-refractivity contribution is 5.38. The van der Waals surface area contributed by atoms with Crippen molar-refractivity contribution < 1.29 is 5.11 Å². The van der Waals surface area contributed by atoms with E-state index >= 15 is 0 Å². The Morgan fingerprint density at radius 3 is 1.83 bits per heavy atom. The average Bonchev–Trinajstić information content (AvgIpc) is 2.28. The molecular formula is C17H24O. The molecule has 0 amide bonds. The highest BCUT2D eigenvalue weighted by Gasteiger charge is 2.31. The Bertz CT molecular complexity index is 413. The lowest BCUT2D eigenvalue weighted by Crippen LogP contribution is -2.29. The van der Waals surface area contributed by atoms with Gasteiger partial charge in [-0.3, -0.25) is 0 Å². The van der Waals surface area contributed by atoms with Crippen molar-refractivity contribution in [1.82, 2.24) is 0 Å². The molecule has 1 heteroatoms. The minimum Gasteiger partial charge on any atom is -0.385 e. The second kappa shape index (κ2) is 5.53. The zero-order chi connectivity index (χ0) is 13.8. The monoisotopic (exact) mass is 244 g/mol. The first-order valence-electron chi connectivity index (χ1n) is 6.39. The molecule has 0 aromatic heterocycles. The van der Waals surface area contributed by atoms with Crippen LogP contribution in [-0.2, 0) is 11.0 Å². The summed E-state index contributed by atoms with van der Waals surface area (Å²) in [4.78, 5) is 0. The van der Waals surface area contributed by atoms with E-state index in [1.54, 1.807) is 12.2 Å². The topological polar surface area (TPSA) is 20.2 Å². The van der Waals surface area contributed by atoms with Crippen molar-refractivity contribution in [3.63, 3.8) is 0 Å².